The molecule has 0 rings (SSSR count). The monoisotopic (exact) mass is 363 g/mol. The Labute approximate surface area is 157 Å². The average Bonchev–Trinajstić information content (AvgIpc) is 2.51. The standard InChI is InChI=1S/C20H41NO2.ClH/c1-4-5-6-7-8-9-10-11-12-13-14-15-16-17-20(22)23-19-18-21(2)3;/h4-19H2,1-3H3;1H. The van der Waals surface area contributed by atoms with Gasteiger partial charge in [-0.2, -0.15) is 0 Å². The highest BCUT2D eigenvalue weighted by Gasteiger charge is 2.02. The molecule has 24 heavy (non-hydrogen) atoms. The summed E-state index contributed by atoms with van der Waals surface area (Å²) in [6.07, 6.45) is 17.9. The maximum Gasteiger partial charge on any atom is 0.305 e. The normalized spacial score (nSPS) is 10.7. The van der Waals surface area contributed by atoms with Crippen molar-refractivity contribution in [2.24, 2.45) is 0 Å². The lowest BCUT2D eigenvalue weighted by Crippen LogP contribution is -2.20. The molecule has 0 saturated carbocycles. The van der Waals surface area contributed by atoms with Gasteiger partial charge in [-0.05, 0) is 20.5 Å². The Morgan fingerprint density at radius 3 is 1.58 bits per heavy atom. The van der Waals surface area contributed by atoms with Crippen LogP contribution in [0.3, 0.4) is 0 Å². The van der Waals surface area contributed by atoms with Crippen molar-refractivity contribution in [3.05, 3.63) is 0 Å². The maximum atomic E-state index is 11.5. The molecule has 0 radical (unpaired) electrons. The molecule has 0 unspecified atom stereocenters. The molecule has 0 atom stereocenters. The zero-order valence-electron chi connectivity index (χ0n) is 16.5. The summed E-state index contributed by atoms with van der Waals surface area (Å²) >= 11 is 0. The minimum atomic E-state index is -0.0325. The number of carbonyl (C=O) groups excluding carboxylic acids is 1. The molecule has 0 spiro atoms. The highest BCUT2D eigenvalue weighted by molar-refractivity contribution is 5.85. The van der Waals surface area contributed by atoms with Gasteiger partial charge >= 0.3 is 5.97 Å². The molecule has 0 heterocycles. The number of unbranched alkanes of at least 4 members (excludes halogenated alkanes) is 12. The van der Waals surface area contributed by atoms with Crippen molar-refractivity contribution in [2.45, 2.75) is 96.8 Å². The Hall–Kier alpha value is -0.280. The first-order valence-electron chi connectivity index (χ1n) is 9.97. The van der Waals surface area contributed by atoms with Gasteiger partial charge in [-0.3, -0.25) is 4.79 Å². The fourth-order valence-electron chi connectivity index (χ4n) is 2.70. The third kappa shape index (κ3) is 21.7. The van der Waals surface area contributed by atoms with Crippen LogP contribution >= 0.6 is 12.4 Å². The highest BCUT2D eigenvalue weighted by Crippen LogP contribution is 2.13. The molecule has 0 aliphatic heterocycles. The van der Waals surface area contributed by atoms with E-state index in [1.807, 2.05) is 19.0 Å². The van der Waals surface area contributed by atoms with E-state index in [0.717, 1.165) is 13.0 Å². The molecule has 0 aromatic heterocycles. The summed E-state index contributed by atoms with van der Waals surface area (Å²) < 4.78 is 5.18. The number of halogens is 1. The molecule has 146 valence electrons. The van der Waals surface area contributed by atoms with Gasteiger partial charge in [-0.1, -0.05) is 84.0 Å². The lowest BCUT2D eigenvalue weighted by atomic mass is 10.0. The smallest absolute Gasteiger partial charge is 0.305 e. The van der Waals surface area contributed by atoms with Gasteiger partial charge in [0.1, 0.15) is 6.61 Å². The van der Waals surface area contributed by atoms with Gasteiger partial charge in [0.2, 0.25) is 0 Å². The number of nitrogens with zero attached hydrogens (tertiary/aromatic N) is 1. The highest BCUT2D eigenvalue weighted by atomic mass is 35.5. The summed E-state index contributed by atoms with van der Waals surface area (Å²) in [7, 11) is 3.97. The fourth-order valence-corrected chi connectivity index (χ4v) is 2.70. The third-order valence-corrected chi connectivity index (χ3v) is 4.29. The van der Waals surface area contributed by atoms with E-state index < -0.39 is 0 Å². The Morgan fingerprint density at radius 2 is 1.17 bits per heavy atom. The number of ether oxygens (including phenoxy) is 1. The van der Waals surface area contributed by atoms with Gasteiger partial charge in [0, 0.05) is 13.0 Å². The number of rotatable bonds is 17. The molecule has 3 nitrogen and oxygen atoms in total. The predicted octanol–water partition coefficient (Wildman–Crippen LogP) is 5.99. The number of likely N-dealkylation sites (N-methyl/N-ethyl adjacent to an activating group) is 1. The second-order valence-corrected chi connectivity index (χ2v) is 7.02. The van der Waals surface area contributed by atoms with E-state index in [4.69, 9.17) is 4.74 Å². The molecule has 0 aliphatic carbocycles. The third-order valence-electron chi connectivity index (χ3n) is 4.29. The largest absolute Gasteiger partial charge is 0.464 e. The SMILES string of the molecule is CCCCCCCCCCCCCCCC(=O)OCCN(C)C.Cl. The number of hydrogen-bond acceptors (Lipinski definition) is 3. The Bertz CT molecular complexity index is 260. The molecule has 0 bridgehead atoms. The molecule has 0 amide bonds. The zero-order chi connectivity index (χ0) is 17.2. The molecule has 0 aromatic carbocycles. The summed E-state index contributed by atoms with van der Waals surface area (Å²) in [5.41, 5.74) is 0. The summed E-state index contributed by atoms with van der Waals surface area (Å²) in [6.45, 7) is 3.60. The van der Waals surface area contributed by atoms with Gasteiger partial charge in [0.05, 0.1) is 0 Å². The Morgan fingerprint density at radius 1 is 0.750 bits per heavy atom. The molecule has 0 aromatic rings. The first-order chi connectivity index (χ1) is 11.2. The van der Waals surface area contributed by atoms with Gasteiger partial charge in [-0.15, -0.1) is 12.4 Å². The van der Waals surface area contributed by atoms with E-state index in [0.29, 0.717) is 13.0 Å². The predicted molar refractivity (Wildman–Crippen MR) is 107 cm³/mol. The number of carbonyl (C=O) groups is 1. The summed E-state index contributed by atoms with van der Waals surface area (Å²) in [5.74, 6) is -0.0325. The first kappa shape index (κ1) is 26.0. The van der Waals surface area contributed by atoms with E-state index in [2.05, 4.69) is 6.92 Å². The summed E-state index contributed by atoms with van der Waals surface area (Å²) in [4.78, 5) is 13.5. The lowest BCUT2D eigenvalue weighted by Gasteiger charge is -2.09. The zero-order valence-corrected chi connectivity index (χ0v) is 17.3. The second-order valence-electron chi connectivity index (χ2n) is 7.02. The number of hydrogen-bond donors (Lipinski definition) is 0. The van der Waals surface area contributed by atoms with E-state index in [9.17, 15) is 4.79 Å². The van der Waals surface area contributed by atoms with Crippen LogP contribution in [0, 0.1) is 0 Å². The van der Waals surface area contributed by atoms with Crippen molar-refractivity contribution < 1.29 is 9.53 Å². The van der Waals surface area contributed by atoms with E-state index in [1.165, 1.54) is 77.0 Å². The molecule has 0 N–H and O–H groups in total. The first-order valence-corrected chi connectivity index (χ1v) is 9.97. The van der Waals surface area contributed by atoms with Crippen molar-refractivity contribution >= 4 is 18.4 Å². The molecular formula is C20H42ClNO2. The topological polar surface area (TPSA) is 29.5 Å². The van der Waals surface area contributed by atoms with E-state index in [-0.39, 0.29) is 18.4 Å². The number of esters is 1. The summed E-state index contributed by atoms with van der Waals surface area (Å²) in [6, 6.07) is 0. The Balaban J connectivity index is 0. The molecule has 0 saturated heterocycles. The Kier molecular flexibility index (Phi) is 22.5. The van der Waals surface area contributed by atoms with Crippen LogP contribution in [0.15, 0.2) is 0 Å². The van der Waals surface area contributed by atoms with Crippen LogP contribution in [-0.4, -0.2) is 38.1 Å². The van der Waals surface area contributed by atoms with E-state index in [1.54, 1.807) is 0 Å². The van der Waals surface area contributed by atoms with Crippen molar-refractivity contribution in [3.8, 4) is 0 Å². The van der Waals surface area contributed by atoms with E-state index >= 15 is 0 Å². The molecular weight excluding hydrogens is 322 g/mol. The van der Waals surface area contributed by atoms with Crippen LogP contribution in [0.1, 0.15) is 96.8 Å². The average molecular weight is 364 g/mol. The van der Waals surface area contributed by atoms with Crippen molar-refractivity contribution in [2.75, 3.05) is 27.2 Å². The quantitative estimate of drug-likeness (QED) is 0.234. The molecule has 0 aliphatic rings. The van der Waals surface area contributed by atoms with Crippen LogP contribution in [0.25, 0.3) is 0 Å². The lowest BCUT2D eigenvalue weighted by molar-refractivity contribution is -0.144. The second kappa shape index (κ2) is 20.8. The molecule has 4 heteroatoms. The van der Waals surface area contributed by atoms with Crippen LogP contribution in [0.4, 0.5) is 0 Å². The maximum absolute atomic E-state index is 11.5. The van der Waals surface area contributed by atoms with Crippen LogP contribution in [-0.2, 0) is 9.53 Å². The minimum Gasteiger partial charge on any atom is -0.464 e. The van der Waals surface area contributed by atoms with Crippen LogP contribution < -0.4 is 0 Å². The van der Waals surface area contributed by atoms with Gasteiger partial charge in [0.25, 0.3) is 0 Å². The van der Waals surface area contributed by atoms with Gasteiger partial charge in [0.15, 0.2) is 0 Å². The minimum absolute atomic E-state index is 0. The van der Waals surface area contributed by atoms with Crippen molar-refractivity contribution in [3.63, 3.8) is 0 Å². The molecule has 0 fully saturated rings. The fraction of sp³-hybridized carbons (Fsp3) is 0.950. The van der Waals surface area contributed by atoms with Gasteiger partial charge in [-0.25, -0.2) is 0 Å². The van der Waals surface area contributed by atoms with Gasteiger partial charge < -0.3 is 9.64 Å². The van der Waals surface area contributed by atoms with Crippen LogP contribution in [0.2, 0.25) is 0 Å². The van der Waals surface area contributed by atoms with Crippen LogP contribution in [0.5, 0.6) is 0 Å². The van der Waals surface area contributed by atoms with Crippen molar-refractivity contribution in [1.82, 2.24) is 4.90 Å². The summed E-state index contributed by atoms with van der Waals surface area (Å²) in [5, 5.41) is 0. The van der Waals surface area contributed by atoms with Crippen molar-refractivity contribution in [1.29, 1.82) is 0 Å².